The van der Waals surface area contributed by atoms with Gasteiger partial charge in [-0.3, -0.25) is 4.79 Å². The molecule has 3 unspecified atom stereocenters. The number of likely N-dealkylation sites (tertiary alicyclic amines) is 1. The second-order valence-corrected chi connectivity index (χ2v) is 8.34. The maximum Gasteiger partial charge on any atom is 0.137 e. The van der Waals surface area contributed by atoms with Crippen molar-refractivity contribution in [3.05, 3.63) is 0 Å². The van der Waals surface area contributed by atoms with Gasteiger partial charge in [0.25, 0.3) is 0 Å². The molecule has 116 valence electrons. The third kappa shape index (κ3) is 4.31. The Bertz CT molecular complexity index is 331. The van der Waals surface area contributed by atoms with Crippen molar-refractivity contribution in [2.24, 2.45) is 23.2 Å². The predicted octanol–water partition coefficient (Wildman–Crippen LogP) is 4.14. The van der Waals surface area contributed by atoms with E-state index in [0.29, 0.717) is 17.1 Å². The number of carbonyl (C=O) groups excluding carboxylic acids is 1. The summed E-state index contributed by atoms with van der Waals surface area (Å²) < 4.78 is 0. The molecule has 1 saturated heterocycles. The number of rotatable bonds is 2. The van der Waals surface area contributed by atoms with E-state index < -0.39 is 0 Å². The molecule has 20 heavy (non-hydrogen) atoms. The summed E-state index contributed by atoms with van der Waals surface area (Å²) in [5.74, 6) is 2.44. The smallest absolute Gasteiger partial charge is 0.137 e. The van der Waals surface area contributed by atoms with Crippen LogP contribution >= 0.6 is 0 Å². The van der Waals surface area contributed by atoms with Gasteiger partial charge in [0.15, 0.2) is 0 Å². The fourth-order valence-corrected chi connectivity index (χ4v) is 4.02. The second kappa shape index (κ2) is 6.60. The van der Waals surface area contributed by atoms with Crippen LogP contribution in [0.4, 0.5) is 0 Å². The van der Waals surface area contributed by atoms with E-state index in [1.165, 1.54) is 32.4 Å². The lowest BCUT2D eigenvalue weighted by molar-refractivity contribution is -0.126. The molecule has 0 radical (unpaired) electrons. The maximum atomic E-state index is 12.1. The minimum atomic E-state index is 0.324. The fraction of sp³-hybridized carbons (Fsp3) is 0.944. The first kappa shape index (κ1) is 16.0. The Morgan fingerprint density at radius 2 is 1.90 bits per heavy atom. The third-order valence-corrected chi connectivity index (χ3v) is 5.55. The molecule has 0 spiro atoms. The Balaban J connectivity index is 1.86. The predicted molar refractivity (Wildman–Crippen MR) is 84.7 cm³/mol. The van der Waals surface area contributed by atoms with Crippen molar-refractivity contribution < 1.29 is 4.79 Å². The van der Waals surface area contributed by atoms with Crippen LogP contribution in [0.3, 0.4) is 0 Å². The van der Waals surface area contributed by atoms with E-state index >= 15 is 0 Å². The van der Waals surface area contributed by atoms with E-state index in [4.69, 9.17) is 0 Å². The number of ketones is 1. The first-order chi connectivity index (χ1) is 9.36. The van der Waals surface area contributed by atoms with Crippen LogP contribution in [-0.2, 0) is 4.79 Å². The van der Waals surface area contributed by atoms with Gasteiger partial charge in [-0.05, 0) is 62.4 Å². The number of carbonyl (C=O) groups is 1. The minimum absolute atomic E-state index is 0.324. The van der Waals surface area contributed by atoms with Crippen LogP contribution in [-0.4, -0.2) is 30.3 Å². The molecule has 2 heteroatoms. The average Bonchev–Trinajstić information content (AvgIpc) is 2.59. The van der Waals surface area contributed by atoms with Gasteiger partial charge in [0.1, 0.15) is 5.78 Å². The zero-order chi connectivity index (χ0) is 14.8. The van der Waals surface area contributed by atoms with Gasteiger partial charge in [-0.2, -0.15) is 0 Å². The lowest BCUT2D eigenvalue weighted by Gasteiger charge is -2.31. The Morgan fingerprint density at radius 1 is 1.15 bits per heavy atom. The highest BCUT2D eigenvalue weighted by molar-refractivity contribution is 5.81. The monoisotopic (exact) mass is 279 g/mol. The van der Waals surface area contributed by atoms with E-state index in [9.17, 15) is 4.79 Å². The molecule has 1 aliphatic heterocycles. The first-order valence-electron chi connectivity index (χ1n) is 8.61. The highest BCUT2D eigenvalue weighted by Crippen LogP contribution is 2.35. The van der Waals surface area contributed by atoms with Crippen LogP contribution in [0.2, 0.25) is 0 Å². The maximum absolute atomic E-state index is 12.1. The summed E-state index contributed by atoms with van der Waals surface area (Å²) in [6, 6.07) is 0. The topological polar surface area (TPSA) is 20.3 Å². The Morgan fingerprint density at radius 3 is 2.60 bits per heavy atom. The van der Waals surface area contributed by atoms with Gasteiger partial charge in [-0.1, -0.05) is 27.7 Å². The van der Waals surface area contributed by atoms with E-state index in [-0.39, 0.29) is 0 Å². The quantitative estimate of drug-likeness (QED) is 0.757. The average molecular weight is 279 g/mol. The molecule has 0 aromatic carbocycles. The van der Waals surface area contributed by atoms with E-state index in [0.717, 1.165) is 37.6 Å². The van der Waals surface area contributed by atoms with Crippen LogP contribution in [0.25, 0.3) is 0 Å². The molecule has 1 saturated carbocycles. The molecule has 0 bridgehead atoms. The number of hydrogen-bond acceptors (Lipinski definition) is 2. The molecular formula is C18H33NO. The van der Waals surface area contributed by atoms with Gasteiger partial charge in [-0.15, -0.1) is 0 Å². The summed E-state index contributed by atoms with van der Waals surface area (Å²) in [4.78, 5) is 14.7. The van der Waals surface area contributed by atoms with Crippen molar-refractivity contribution >= 4 is 5.78 Å². The van der Waals surface area contributed by atoms with E-state index in [1.807, 2.05) is 0 Å². The first-order valence-corrected chi connectivity index (χ1v) is 8.61. The van der Waals surface area contributed by atoms with Gasteiger partial charge in [-0.25, -0.2) is 0 Å². The van der Waals surface area contributed by atoms with E-state index in [2.05, 4.69) is 32.6 Å². The molecule has 0 N–H and O–H groups in total. The SMILES string of the molecule is CC1CCC(=O)C(CN2CCCC(C(C)(C)C)CC2)C1. The molecule has 2 fully saturated rings. The molecule has 1 heterocycles. The Labute approximate surface area is 125 Å². The van der Waals surface area contributed by atoms with E-state index in [1.54, 1.807) is 0 Å². The highest BCUT2D eigenvalue weighted by atomic mass is 16.1. The van der Waals surface area contributed by atoms with Gasteiger partial charge in [0.2, 0.25) is 0 Å². The standard InChI is InChI=1S/C18H33NO/c1-14-7-8-17(20)15(12-14)13-19-10-5-6-16(9-11-19)18(2,3)4/h14-16H,5-13H2,1-4H3. The lowest BCUT2D eigenvalue weighted by atomic mass is 9.77. The Kier molecular flexibility index (Phi) is 5.28. The molecule has 3 atom stereocenters. The van der Waals surface area contributed by atoms with Crippen molar-refractivity contribution in [1.82, 2.24) is 4.90 Å². The second-order valence-electron chi connectivity index (χ2n) is 8.34. The number of hydrogen-bond donors (Lipinski definition) is 0. The molecule has 2 aliphatic rings. The molecule has 0 amide bonds. The third-order valence-electron chi connectivity index (χ3n) is 5.55. The van der Waals surface area contributed by atoms with Gasteiger partial charge >= 0.3 is 0 Å². The summed E-state index contributed by atoms with van der Waals surface area (Å²) in [5, 5.41) is 0. The molecule has 1 aliphatic carbocycles. The van der Waals surface area contributed by atoms with Gasteiger partial charge in [0, 0.05) is 18.9 Å². The highest BCUT2D eigenvalue weighted by Gasteiger charge is 2.31. The fourth-order valence-electron chi connectivity index (χ4n) is 4.02. The van der Waals surface area contributed by atoms with Gasteiger partial charge < -0.3 is 4.90 Å². The summed E-state index contributed by atoms with van der Waals surface area (Å²) in [6.07, 6.45) is 7.02. The normalized spacial score (nSPS) is 34.0. The van der Waals surface area contributed by atoms with Gasteiger partial charge in [0.05, 0.1) is 0 Å². The minimum Gasteiger partial charge on any atom is -0.303 e. The number of Topliss-reactive ketones (excluding diaryl/α,β-unsaturated/α-hetero) is 1. The van der Waals surface area contributed by atoms with Crippen molar-refractivity contribution in [2.75, 3.05) is 19.6 Å². The van der Waals surface area contributed by atoms with Crippen LogP contribution in [0.15, 0.2) is 0 Å². The largest absolute Gasteiger partial charge is 0.303 e. The summed E-state index contributed by atoms with van der Waals surface area (Å²) in [5.41, 5.74) is 0.436. The summed E-state index contributed by atoms with van der Waals surface area (Å²) in [7, 11) is 0. The van der Waals surface area contributed by atoms with Crippen molar-refractivity contribution in [3.63, 3.8) is 0 Å². The zero-order valence-corrected chi connectivity index (χ0v) is 14.0. The molecular weight excluding hydrogens is 246 g/mol. The van der Waals surface area contributed by atoms with Crippen LogP contribution in [0, 0.1) is 23.2 Å². The molecule has 2 rings (SSSR count). The molecule has 0 aromatic rings. The zero-order valence-electron chi connectivity index (χ0n) is 14.0. The van der Waals surface area contributed by atoms with Crippen molar-refractivity contribution in [1.29, 1.82) is 0 Å². The van der Waals surface area contributed by atoms with Crippen LogP contribution < -0.4 is 0 Å². The van der Waals surface area contributed by atoms with Crippen LogP contribution in [0.1, 0.15) is 66.2 Å². The van der Waals surface area contributed by atoms with Crippen molar-refractivity contribution in [3.8, 4) is 0 Å². The lowest BCUT2D eigenvalue weighted by Crippen LogP contribution is -2.37. The molecule has 0 aromatic heterocycles. The van der Waals surface area contributed by atoms with Crippen molar-refractivity contribution in [2.45, 2.75) is 66.2 Å². The van der Waals surface area contributed by atoms with Crippen LogP contribution in [0.5, 0.6) is 0 Å². The summed E-state index contributed by atoms with van der Waals surface area (Å²) in [6.45, 7) is 12.8. The molecule has 2 nitrogen and oxygen atoms in total. The summed E-state index contributed by atoms with van der Waals surface area (Å²) >= 11 is 0. The number of nitrogens with zero attached hydrogens (tertiary/aromatic N) is 1. The Hall–Kier alpha value is -0.370.